The van der Waals surface area contributed by atoms with Crippen LogP contribution in [0.2, 0.25) is 0 Å². The van der Waals surface area contributed by atoms with Gasteiger partial charge in [0.1, 0.15) is 5.82 Å². The molecule has 0 aromatic heterocycles. The van der Waals surface area contributed by atoms with Crippen molar-refractivity contribution in [2.75, 3.05) is 6.61 Å². The van der Waals surface area contributed by atoms with Gasteiger partial charge in [0.25, 0.3) is 9.05 Å². The zero-order valence-electron chi connectivity index (χ0n) is 11.6. The molecule has 7 heteroatoms. The van der Waals surface area contributed by atoms with Crippen molar-refractivity contribution in [2.24, 2.45) is 5.92 Å². The Bertz CT molecular complexity index is 651. The molecule has 0 heterocycles. The van der Waals surface area contributed by atoms with E-state index in [4.69, 9.17) is 15.4 Å². The molecule has 0 radical (unpaired) electrons. The average molecular weight is 335 g/mol. The topological polar surface area (TPSA) is 60.4 Å². The highest BCUT2D eigenvalue weighted by Gasteiger charge is 2.22. The molecule has 0 saturated heterocycles. The lowest BCUT2D eigenvalue weighted by Crippen LogP contribution is -2.13. The predicted molar refractivity (Wildman–Crippen MR) is 76.4 cm³/mol. The Kier molecular flexibility index (Phi) is 4.88. The third-order valence-corrected chi connectivity index (χ3v) is 5.17. The molecule has 4 nitrogen and oxygen atoms in total. The monoisotopic (exact) mass is 334 g/mol. The second-order valence-electron chi connectivity index (χ2n) is 5.27. The molecule has 0 atom stereocenters. The smallest absolute Gasteiger partial charge is 0.338 e. The molecule has 1 fully saturated rings. The Morgan fingerprint density at radius 3 is 2.57 bits per heavy atom. The second-order valence-corrected chi connectivity index (χ2v) is 7.80. The molecule has 116 valence electrons. The van der Waals surface area contributed by atoms with Crippen molar-refractivity contribution >= 4 is 25.7 Å². The van der Waals surface area contributed by atoms with E-state index in [1.807, 2.05) is 0 Å². The van der Waals surface area contributed by atoms with Crippen LogP contribution in [0.15, 0.2) is 17.0 Å². The minimum absolute atomic E-state index is 0.114. The number of hydrogen-bond acceptors (Lipinski definition) is 4. The standard InChI is InChI=1S/C14H16ClFO4S/c1-9-12(16)6-11(7-13(9)21(15,18)19)14(17)20-8-10-4-2-3-5-10/h6-7,10H,2-5,8H2,1H3. The summed E-state index contributed by atoms with van der Waals surface area (Å²) in [6.45, 7) is 1.57. The van der Waals surface area contributed by atoms with Gasteiger partial charge in [0.15, 0.2) is 0 Å². The van der Waals surface area contributed by atoms with Crippen LogP contribution in [0.25, 0.3) is 0 Å². The van der Waals surface area contributed by atoms with E-state index >= 15 is 0 Å². The van der Waals surface area contributed by atoms with Gasteiger partial charge in [-0.05, 0) is 37.8 Å². The first kappa shape index (κ1) is 16.2. The molecule has 0 bridgehead atoms. The number of esters is 1. The highest BCUT2D eigenvalue weighted by molar-refractivity contribution is 8.13. The Morgan fingerprint density at radius 2 is 2.00 bits per heavy atom. The van der Waals surface area contributed by atoms with Crippen LogP contribution in [0.3, 0.4) is 0 Å². The van der Waals surface area contributed by atoms with E-state index in [9.17, 15) is 17.6 Å². The zero-order chi connectivity index (χ0) is 15.6. The molecule has 1 saturated carbocycles. The van der Waals surface area contributed by atoms with E-state index < -0.39 is 25.7 Å². The van der Waals surface area contributed by atoms with Gasteiger partial charge >= 0.3 is 5.97 Å². The van der Waals surface area contributed by atoms with Crippen molar-refractivity contribution in [1.82, 2.24) is 0 Å². The molecule has 0 amide bonds. The Morgan fingerprint density at radius 1 is 1.38 bits per heavy atom. The normalized spacial score (nSPS) is 16.1. The second kappa shape index (κ2) is 6.32. The third-order valence-electron chi connectivity index (χ3n) is 3.72. The zero-order valence-corrected chi connectivity index (χ0v) is 13.1. The van der Waals surface area contributed by atoms with Gasteiger partial charge in [-0.1, -0.05) is 12.8 Å². The van der Waals surface area contributed by atoms with Crippen LogP contribution in [0.1, 0.15) is 41.6 Å². The largest absolute Gasteiger partial charge is 0.462 e. The summed E-state index contributed by atoms with van der Waals surface area (Å²) in [6, 6.07) is 2.02. The van der Waals surface area contributed by atoms with Crippen LogP contribution in [0.5, 0.6) is 0 Å². The van der Waals surface area contributed by atoms with Crippen LogP contribution in [-0.4, -0.2) is 21.0 Å². The summed E-state index contributed by atoms with van der Waals surface area (Å²) in [5, 5.41) is 0. The molecule has 2 rings (SSSR count). The summed E-state index contributed by atoms with van der Waals surface area (Å²) in [4.78, 5) is 11.5. The minimum Gasteiger partial charge on any atom is -0.462 e. The molecule has 21 heavy (non-hydrogen) atoms. The van der Waals surface area contributed by atoms with Crippen molar-refractivity contribution in [1.29, 1.82) is 0 Å². The van der Waals surface area contributed by atoms with Gasteiger partial charge in [0.2, 0.25) is 0 Å². The fourth-order valence-corrected chi connectivity index (χ4v) is 3.69. The molecule has 1 aliphatic carbocycles. The number of carbonyl (C=O) groups excluding carboxylic acids is 1. The van der Waals surface area contributed by atoms with Crippen molar-refractivity contribution in [3.63, 3.8) is 0 Å². The number of benzene rings is 1. The maximum absolute atomic E-state index is 13.7. The maximum Gasteiger partial charge on any atom is 0.338 e. The molecular formula is C14H16ClFO4S. The van der Waals surface area contributed by atoms with Crippen LogP contribution in [-0.2, 0) is 13.8 Å². The van der Waals surface area contributed by atoms with Crippen molar-refractivity contribution in [3.8, 4) is 0 Å². The van der Waals surface area contributed by atoms with Crippen molar-refractivity contribution < 1.29 is 22.3 Å². The quantitative estimate of drug-likeness (QED) is 0.625. The van der Waals surface area contributed by atoms with E-state index in [2.05, 4.69) is 0 Å². The van der Waals surface area contributed by atoms with Gasteiger partial charge in [-0.15, -0.1) is 0 Å². The van der Waals surface area contributed by atoms with Crippen molar-refractivity contribution in [2.45, 2.75) is 37.5 Å². The first-order valence-corrected chi connectivity index (χ1v) is 9.02. The number of halogens is 2. The Labute approximate surface area is 127 Å². The lowest BCUT2D eigenvalue weighted by Gasteiger charge is -2.11. The minimum atomic E-state index is -4.12. The fourth-order valence-electron chi connectivity index (χ4n) is 2.48. The lowest BCUT2D eigenvalue weighted by atomic mass is 10.1. The number of ether oxygens (including phenoxy) is 1. The number of rotatable bonds is 4. The predicted octanol–water partition coefficient (Wildman–Crippen LogP) is 3.41. The molecule has 0 unspecified atom stereocenters. The molecule has 1 aromatic rings. The molecular weight excluding hydrogens is 319 g/mol. The summed E-state index contributed by atoms with van der Waals surface area (Å²) < 4.78 is 41.7. The maximum atomic E-state index is 13.7. The molecule has 1 aromatic carbocycles. The van der Waals surface area contributed by atoms with Gasteiger partial charge in [-0.2, -0.15) is 0 Å². The van der Waals surface area contributed by atoms with E-state index in [0.717, 1.165) is 37.8 Å². The summed E-state index contributed by atoms with van der Waals surface area (Å²) in [6.07, 6.45) is 4.26. The van der Waals surface area contributed by atoms with Crippen molar-refractivity contribution in [3.05, 3.63) is 29.1 Å². The average Bonchev–Trinajstić information content (AvgIpc) is 2.90. The SMILES string of the molecule is Cc1c(F)cc(C(=O)OCC2CCCC2)cc1S(=O)(=O)Cl. The number of carbonyl (C=O) groups is 1. The van der Waals surface area contributed by atoms with Crippen LogP contribution in [0.4, 0.5) is 4.39 Å². The summed E-state index contributed by atoms with van der Waals surface area (Å²) in [5.74, 6) is -1.20. The first-order chi connectivity index (χ1) is 9.79. The highest BCUT2D eigenvalue weighted by Crippen LogP contribution is 2.26. The highest BCUT2D eigenvalue weighted by atomic mass is 35.7. The first-order valence-electron chi connectivity index (χ1n) is 6.71. The molecule has 0 N–H and O–H groups in total. The van der Waals surface area contributed by atoms with E-state index in [-0.39, 0.29) is 17.7 Å². The molecule has 1 aliphatic rings. The summed E-state index contributed by atoms with van der Waals surface area (Å²) in [7, 11) is 1.13. The van der Waals surface area contributed by atoms with Crippen LogP contribution >= 0.6 is 10.7 Å². The van der Waals surface area contributed by atoms with E-state index in [1.54, 1.807) is 0 Å². The Hall–Kier alpha value is -1.14. The van der Waals surface area contributed by atoms with Crippen LogP contribution < -0.4 is 0 Å². The van der Waals surface area contributed by atoms with Gasteiger partial charge in [0, 0.05) is 16.2 Å². The Balaban J connectivity index is 2.19. The lowest BCUT2D eigenvalue weighted by molar-refractivity contribution is 0.0441. The van der Waals surface area contributed by atoms with Crippen LogP contribution in [0, 0.1) is 18.7 Å². The third kappa shape index (κ3) is 3.95. The van der Waals surface area contributed by atoms with E-state index in [1.165, 1.54) is 6.92 Å². The summed E-state index contributed by atoms with van der Waals surface area (Å²) >= 11 is 0. The van der Waals surface area contributed by atoms with Gasteiger partial charge < -0.3 is 4.74 Å². The number of hydrogen-bond donors (Lipinski definition) is 0. The van der Waals surface area contributed by atoms with Gasteiger partial charge in [-0.25, -0.2) is 17.6 Å². The van der Waals surface area contributed by atoms with Gasteiger partial charge in [-0.3, -0.25) is 0 Å². The fraction of sp³-hybridized carbons (Fsp3) is 0.500. The van der Waals surface area contributed by atoms with Gasteiger partial charge in [0.05, 0.1) is 17.1 Å². The molecule has 0 aliphatic heterocycles. The molecule has 0 spiro atoms. The summed E-state index contributed by atoms with van der Waals surface area (Å²) in [5.41, 5.74) is -0.257. The van der Waals surface area contributed by atoms with E-state index in [0.29, 0.717) is 5.92 Å².